The van der Waals surface area contributed by atoms with Crippen LogP contribution in [0.4, 0.5) is 0 Å². The number of benzene rings is 2. The molecule has 0 aliphatic rings. The van der Waals surface area contributed by atoms with Gasteiger partial charge in [-0.05, 0) is 49.2 Å². The summed E-state index contributed by atoms with van der Waals surface area (Å²) in [5.74, 6) is -0.305. The summed E-state index contributed by atoms with van der Waals surface area (Å²) >= 11 is 0. The third-order valence-corrected chi connectivity index (χ3v) is 4.61. The first kappa shape index (κ1) is 20.3. The summed E-state index contributed by atoms with van der Waals surface area (Å²) in [5.41, 5.74) is 3.71. The predicted molar refractivity (Wildman–Crippen MR) is 113 cm³/mol. The van der Waals surface area contributed by atoms with Crippen LogP contribution < -0.4 is 10.6 Å². The maximum absolute atomic E-state index is 12.5. The molecule has 0 aliphatic heterocycles. The van der Waals surface area contributed by atoms with Crippen LogP contribution in [0.15, 0.2) is 60.7 Å². The standard InChI is InChI=1S/C23H26N4O2/c1-3-4-14-24-22(28)19-12-10-18(11-13-19)16-25-23(29)21-15-17(2)27(26-21)20-8-6-5-7-9-20/h5-13,15H,3-4,14,16H2,1-2H3,(H,24,28)(H,25,29). The van der Waals surface area contributed by atoms with Gasteiger partial charge in [0.05, 0.1) is 5.69 Å². The Morgan fingerprint density at radius 1 is 0.966 bits per heavy atom. The van der Waals surface area contributed by atoms with Crippen LogP contribution in [0.2, 0.25) is 0 Å². The number of para-hydroxylation sites is 1. The molecule has 0 saturated carbocycles. The van der Waals surface area contributed by atoms with Crippen molar-refractivity contribution in [2.75, 3.05) is 6.54 Å². The van der Waals surface area contributed by atoms with Gasteiger partial charge >= 0.3 is 0 Å². The summed E-state index contributed by atoms with van der Waals surface area (Å²) in [7, 11) is 0. The molecule has 29 heavy (non-hydrogen) atoms. The predicted octanol–water partition coefficient (Wildman–Crippen LogP) is 3.64. The van der Waals surface area contributed by atoms with Crippen LogP contribution in [0, 0.1) is 6.92 Å². The molecule has 0 atom stereocenters. The van der Waals surface area contributed by atoms with Gasteiger partial charge in [0.1, 0.15) is 0 Å². The molecule has 0 saturated heterocycles. The van der Waals surface area contributed by atoms with Gasteiger partial charge in [-0.15, -0.1) is 0 Å². The highest BCUT2D eigenvalue weighted by molar-refractivity contribution is 5.94. The van der Waals surface area contributed by atoms with Crippen molar-refractivity contribution in [3.63, 3.8) is 0 Å². The maximum atomic E-state index is 12.5. The van der Waals surface area contributed by atoms with Crippen LogP contribution in [0.1, 0.15) is 51.9 Å². The number of hydrogen-bond donors (Lipinski definition) is 2. The summed E-state index contributed by atoms with van der Waals surface area (Å²) in [6, 6.07) is 18.7. The first-order valence-corrected chi connectivity index (χ1v) is 9.86. The highest BCUT2D eigenvalue weighted by Gasteiger charge is 2.13. The number of rotatable bonds is 8. The van der Waals surface area contributed by atoms with E-state index in [2.05, 4.69) is 22.7 Å². The average molecular weight is 390 g/mol. The number of aryl methyl sites for hydroxylation is 1. The molecule has 6 heteroatoms. The van der Waals surface area contributed by atoms with Crippen LogP contribution in [0.25, 0.3) is 5.69 Å². The van der Waals surface area contributed by atoms with Crippen molar-refractivity contribution < 1.29 is 9.59 Å². The second kappa shape index (κ2) is 9.68. The first-order valence-electron chi connectivity index (χ1n) is 9.86. The molecular formula is C23H26N4O2. The number of nitrogens with zero attached hydrogens (tertiary/aromatic N) is 2. The molecule has 150 valence electrons. The summed E-state index contributed by atoms with van der Waals surface area (Å²) in [6.45, 7) is 5.06. The minimum Gasteiger partial charge on any atom is -0.352 e. The number of hydrogen-bond acceptors (Lipinski definition) is 3. The van der Waals surface area contributed by atoms with Gasteiger partial charge in [-0.25, -0.2) is 4.68 Å². The molecule has 1 aromatic heterocycles. The van der Waals surface area contributed by atoms with E-state index in [0.717, 1.165) is 29.8 Å². The van der Waals surface area contributed by atoms with Crippen molar-refractivity contribution in [2.45, 2.75) is 33.2 Å². The van der Waals surface area contributed by atoms with Crippen LogP contribution in [0.3, 0.4) is 0 Å². The maximum Gasteiger partial charge on any atom is 0.272 e. The highest BCUT2D eigenvalue weighted by Crippen LogP contribution is 2.12. The number of nitrogens with one attached hydrogen (secondary N) is 2. The molecule has 2 N–H and O–H groups in total. The zero-order valence-corrected chi connectivity index (χ0v) is 16.8. The summed E-state index contributed by atoms with van der Waals surface area (Å²) < 4.78 is 1.75. The van der Waals surface area contributed by atoms with Crippen molar-refractivity contribution in [3.05, 3.63) is 83.2 Å². The normalized spacial score (nSPS) is 10.6. The van der Waals surface area contributed by atoms with E-state index in [0.29, 0.717) is 24.3 Å². The van der Waals surface area contributed by atoms with Gasteiger partial charge in [-0.1, -0.05) is 43.7 Å². The lowest BCUT2D eigenvalue weighted by molar-refractivity contribution is 0.0939. The molecule has 6 nitrogen and oxygen atoms in total. The van der Waals surface area contributed by atoms with Gasteiger partial charge in [0.25, 0.3) is 11.8 Å². The van der Waals surface area contributed by atoms with Gasteiger partial charge in [-0.3, -0.25) is 9.59 Å². The third-order valence-electron chi connectivity index (χ3n) is 4.61. The zero-order valence-electron chi connectivity index (χ0n) is 16.8. The summed E-state index contributed by atoms with van der Waals surface area (Å²) in [6.07, 6.45) is 2.01. The van der Waals surface area contributed by atoms with E-state index in [-0.39, 0.29) is 11.8 Å². The molecule has 2 amide bonds. The largest absolute Gasteiger partial charge is 0.352 e. The SMILES string of the molecule is CCCCNC(=O)c1ccc(CNC(=O)c2cc(C)n(-c3ccccc3)n2)cc1. The van der Waals surface area contributed by atoms with Gasteiger partial charge in [-0.2, -0.15) is 5.10 Å². The van der Waals surface area contributed by atoms with Crippen molar-refractivity contribution in [2.24, 2.45) is 0 Å². The topological polar surface area (TPSA) is 76.0 Å². The van der Waals surface area contributed by atoms with Crippen LogP contribution >= 0.6 is 0 Å². The fourth-order valence-electron chi connectivity index (χ4n) is 2.94. The summed E-state index contributed by atoms with van der Waals surface area (Å²) in [4.78, 5) is 24.5. The van der Waals surface area contributed by atoms with Crippen LogP contribution in [-0.4, -0.2) is 28.1 Å². The van der Waals surface area contributed by atoms with E-state index in [4.69, 9.17) is 0 Å². The van der Waals surface area contributed by atoms with E-state index in [9.17, 15) is 9.59 Å². The quantitative estimate of drug-likeness (QED) is 0.577. The van der Waals surface area contributed by atoms with E-state index in [1.807, 2.05) is 49.4 Å². The molecule has 3 rings (SSSR count). The van der Waals surface area contributed by atoms with E-state index >= 15 is 0 Å². The molecule has 0 spiro atoms. The fourth-order valence-corrected chi connectivity index (χ4v) is 2.94. The van der Waals surface area contributed by atoms with Crippen molar-refractivity contribution in [1.82, 2.24) is 20.4 Å². The summed E-state index contributed by atoms with van der Waals surface area (Å²) in [5, 5.41) is 10.2. The van der Waals surface area contributed by atoms with Crippen LogP contribution in [0.5, 0.6) is 0 Å². The Balaban J connectivity index is 1.58. The van der Waals surface area contributed by atoms with Crippen LogP contribution in [-0.2, 0) is 6.54 Å². The fraction of sp³-hybridized carbons (Fsp3) is 0.261. The molecule has 2 aromatic carbocycles. The number of carbonyl (C=O) groups excluding carboxylic acids is 2. The van der Waals surface area contributed by atoms with E-state index in [1.54, 1.807) is 22.9 Å². The van der Waals surface area contributed by atoms with Gasteiger partial charge in [0, 0.05) is 24.3 Å². The Labute approximate surface area is 170 Å². The lowest BCUT2D eigenvalue weighted by Gasteiger charge is -2.07. The minimum absolute atomic E-state index is 0.0732. The number of amides is 2. The van der Waals surface area contributed by atoms with Gasteiger partial charge < -0.3 is 10.6 Å². The smallest absolute Gasteiger partial charge is 0.272 e. The average Bonchev–Trinajstić information content (AvgIpc) is 3.15. The molecule has 0 radical (unpaired) electrons. The second-order valence-electron chi connectivity index (χ2n) is 6.91. The Kier molecular flexibility index (Phi) is 6.79. The molecule has 0 aliphatic carbocycles. The lowest BCUT2D eigenvalue weighted by atomic mass is 10.1. The molecule has 1 heterocycles. The molecule has 0 fully saturated rings. The monoisotopic (exact) mass is 390 g/mol. The number of aromatic nitrogens is 2. The van der Waals surface area contributed by atoms with Gasteiger partial charge in [0.15, 0.2) is 5.69 Å². The van der Waals surface area contributed by atoms with Crippen molar-refractivity contribution in [3.8, 4) is 5.69 Å². The highest BCUT2D eigenvalue weighted by atomic mass is 16.2. The molecular weight excluding hydrogens is 364 g/mol. The minimum atomic E-state index is -0.232. The lowest BCUT2D eigenvalue weighted by Crippen LogP contribution is -2.25. The zero-order chi connectivity index (χ0) is 20.6. The Morgan fingerprint density at radius 2 is 1.69 bits per heavy atom. The number of unbranched alkanes of at least 4 members (excludes halogenated alkanes) is 1. The Morgan fingerprint density at radius 3 is 2.38 bits per heavy atom. The van der Waals surface area contributed by atoms with E-state index in [1.165, 1.54) is 0 Å². The third kappa shape index (κ3) is 5.31. The number of carbonyl (C=O) groups is 2. The Hall–Kier alpha value is -3.41. The molecule has 3 aromatic rings. The van der Waals surface area contributed by atoms with Gasteiger partial charge in [0.2, 0.25) is 0 Å². The van der Waals surface area contributed by atoms with Crippen molar-refractivity contribution in [1.29, 1.82) is 0 Å². The first-order chi connectivity index (χ1) is 14.1. The molecule has 0 bridgehead atoms. The van der Waals surface area contributed by atoms with Crippen molar-refractivity contribution >= 4 is 11.8 Å². The molecule has 0 unspecified atom stereocenters. The van der Waals surface area contributed by atoms with E-state index < -0.39 is 0 Å². The Bertz CT molecular complexity index is 962. The second-order valence-corrected chi connectivity index (χ2v) is 6.91.